The maximum atomic E-state index is 12.6. The molecule has 0 radical (unpaired) electrons. The third-order valence-electron chi connectivity index (χ3n) is 3.73. The van der Waals surface area contributed by atoms with Gasteiger partial charge in [-0.15, -0.1) is 22.7 Å². The molecule has 0 unspecified atom stereocenters. The first kappa shape index (κ1) is 16.3. The molecule has 0 amide bonds. The molecule has 3 aromatic rings. The van der Waals surface area contributed by atoms with Crippen molar-refractivity contribution in [3.63, 3.8) is 0 Å². The smallest absolute Gasteiger partial charge is 0.260 e. The summed E-state index contributed by atoms with van der Waals surface area (Å²) in [6.07, 6.45) is 0. The zero-order valence-electron chi connectivity index (χ0n) is 13.3. The van der Waals surface area contributed by atoms with Crippen LogP contribution in [0.4, 0.5) is 0 Å². The van der Waals surface area contributed by atoms with Crippen LogP contribution in [0.15, 0.2) is 27.7 Å². The topological polar surface area (TPSA) is 71.6 Å². The fraction of sp³-hybridized carbons (Fsp3) is 0.375. The third kappa shape index (κ3) is 3.37. The van der Waals surface area contributed by atoms with Gasteiger partial charge >= 0.3 is 0 Å². The second-order valence-electron chi connectivity index (χ2n) is 5.67. The van der Waals surface area contributed by atoms with Crippen molar-refractivity contribution in [3.8, 4) is 10.4 Å². The van der Waals surface area contributed by atoms with E-state index in [2.05, 4.69) is 22.2 Å². The molecule has 0 fully saturated rings. The van der Waals surface area contributed by atoms with E-state index in [-0.39, 0.29) is 11.6 Å². The molecule has 3 aromatic heterocycles. The van der Waals surface area contributed by atoms with E-state index in [1.165, 1.54) is 11.3 Å². The lowest BCUT2D eigenvalue weighted by Crippen LogP contribution is -2.90. The number of H-pyrrole nitrogens is 1. The summed E-state index contributed by atoms with van der Waals surface area (Å²) in [6.45, 7) is 4.80. The standard InChI is InChI=1S/C16H19N3O2S2/c1-9(7-21-3)17-10(2)14-18-15(20)13-11(8-23-16(13)19-14)12-5-4-6-22-12/h4-6,8-10,17H,7H2,1-3H3,(H,18,19,20)/p+1/t9-,10-/m0/s1. The van der Waals surface area contributed by atoms with Gasteiger partial charge in [-0.05, 0) is 25.3 Å². The van der Waals surface area contributed by atoms with Crippen LogP contribution in [0.3, 0.4) is 0 Å². The van der Waals surface area contributed by atoms with Crippen molar-refractivity contribution in [1.82, 2.24) is 9.97 Å². The molecule has 7 heteroatoms. The number of methoxy groups -OCH3 is 1. The van der Waals surface area contributed by atoms with Gasteiger partial charge in [0.15, 0.2) is 5.82 Å². The Morgan fingerprint density at radius 1 is 1.39 bits per heavy atom. The number of aromatic amines is 1. The van der Waals surface area contributed by atoms with E-state index >= 15 is 0 Å². The summed E-state index contributed by atoms with van der Waals surface area (Å²) in [7, 11) is 1.69. The normalized spacial score (nSPS) is 14.2. The molecule has 0 bridgehead atoms. The maximum Gasteiger partial charge on any atom is 0.260 e. The first-order valence-electron chi connectivity index (χ1n) is 7.49. The summed E-state index contributed by atoms with van der Waals surface area (Å²) in [6, 6.07) is 4.40. The molecule has 5 nitrogen and oxygen atoms in total. The van der Waals surface area contributed by atoms with E-state index in [0.29, 0.717) is 23.9 Å². The minimum absolute atomic E-state index is 0.0608. The molecule has 3 heterocycles. The second-order valence-corrected chi connectivity index (χ2v) is 7.48. The van der Waals surface area contributed by atoms with Gasteiger partial charge in [-0.1, -0.05) is 6.07 Å². The van der Waals surface area contributed by atoms with E-state index in [0.717, 1.165) is 15.3 Å². The molecule has 0 aliphatic carbocycles. The van der Waals surface area contributed by atoms with Crippen LogP contribution in [0.2, 0.25) is 0 Å². The average molecular weight is 350 g/mol. The number of hydrogen-bond acceptors (Lipinski definition) is 5. The number of aromatic nitrogens is 2. The molecule has 122 valence electrons. The Bertz CT molecular complexity index is 839. The number of quaternary nitrogens is 1. The molecule has 0 aliphatic heterocycles. The van der Waals surface area contributed by atoms with Gasteiger partial charge in [-0.2, -0.15) is 0 Å². The molecular weight excluding hydrogens is 330 g/mol. The lowest BCUT2D eigenvalue weighted by Gasteiger charge is -2.15. The molecule has 0 aliphatic rings. The fourth-order valence-electron chi connectivity index (χ4n) is 2.70. The Kier molecular flexibility index (Phi) is 4.91. The molecule has 0 spiro atoms. The predicted molar refractivity (Wildman–Crippen MR) is 95.2 cm³/mol. The summed E-state index contributed by atoms with van der Waals surface area (Å²) in [4.78, 5) is 22.1. The van der Waals surface area contributed by atoms with Gasteiger partial charge in [0.05, 0.1) is 12.0 Å². The highest BCUT2D eigenvalue weighted by atomic mass is 32.1. The van der Waals surface area contributed by atoms with Crippen molar-refractivity contribution in [3.05, 3.63) is 39.1 Å². The lowest BCUT2D eigenvalue weighted by molar-refractivity contribution is -0.724. The molecular formula is C16H20N3O2S2+. The Morgan fingerprint density at radius 3 is 2.91 bits per heavy atom. The maximum absolute atomic E-state index is 12.6. The molecule has 2 atom stereocenters. The summed E-state index contributed by atoms with van der Waals surface area (Å²) in [5.74, 6) is 0.713. The second kappa shape index (κ2) is 6.92. The van der Waals surface area contributed by atoms with Gasteiger partial charge in [0.25, 0.3) is 5.56 Å². The van der Waals surface area contributed by atoms with E-state index in [1.54, 1.807) is 18.4 Å². The monoisotopic (exact) mass is 350 g/mol. The van der Waals surface area contributed by atoms with Crippen LogP contribution < -0.4 is 10.9 Å². The van der Waals surface area contributed by atoms with Crippen LogP contribution in [0, 0.1) is 0 Å². The average Bonchev–Trinajstić information content (AvgIpc) is 3.15. The highest BCUT2D eigenvalue weighted by molar-refractivity contribution is 7.18. The van der Waals surface area contributed by atoms with E-state index < -0.39 is 0 Å². The van der Waals surface area contributed by atoms with Crippen molar-refractivity contribution in [2.75, 3.05) is 13.7 Å². The van der Waals surface area contributed by atoms with Crippen LogP contribution in [-0.2, 0) is 4.74 Å². The fourth-order valence-corrected chi connectivity index (χ4v) is 4.47. The van der Waals surface area contributed by atoms with E-state index in [9.17, 15) is 4.79 Å². The summed E-state index contributed by atoms with van der Waals surface area (Å²) >= 11 is 3.16. The van der Waals surface area contributed by atoms with Gasteiger partial charge in [0.1, 0.15) is 16.9 Å². The van der Waals surface area contributed by atoms with Crippen LogP contribution >= 0.6 is 22.7 Å². The van der Waals surface area contributed by atoms with E-state index in [4.69, 9.17) is 4.74 Å². The van der Waals surface area contributed by atoms with Gasteiger partial charge in [0, 0.05) is 22.9 Å². The highest BCUT2D eigenvalue weighted by Gasteiger charge is 2.19. The highest BCUT2D eigenvalue weighted by Crippen LogP contribution is 2.33. The summed E-state index contributed by atoms with van der Waals surface area (Å²) < 4.78 is 5.16. The SMILES string of the molecule is COC[C@H](C)[NH2+][C@@H](C)c1nc2scc(-c3cccs3)c2c(=O)[nH]1. The minimum atomic E-state index is -0.0608. The van der Waals surface area contributed by atoms with Crippen molar-refractivity contribution in [1.29, 1.82) is 0 Å². The number of nitrogens with two attached hydrogens (primary N) is 1. The summed E-state index contributed by atoms with van der Waals surface area (Å²) in [5.41, 5.74) is 0.916. The molecule has 0 saturated heterocycles. The first-order valence-corrected chi connectivity index (χ1v) is 9.25. The van der Waals surface area contributed by atoms with Crippen molar-refractivity contribution in [2.45, 2.75) is 25.9 Å². The lowest BCUT2D eigenvalue weighted by atomic mass is 10.2. The minimum Gasteiger partial charge on any atom is -0.379 e. The van der Waals surface area contributed by atoms with Gasteiger partial charge < -0.3 is 15.0 Å². The summed E-state index contributed by atoms with van der Waals surface area (Å²) in [5, 5.41) is 6.88. The Morgan fingerprint density at radius 2 is 2.22 bits per heavy atom. The van der Waals surface area contributed by atoms with Crippen LogP contribution in [0.1, 0.15) is 25.7 Å². The number of rotatable bonds is 6. The van der Waals surface area contributed by atoms with Crippen molar-refractivity contribution < 1.29 is 10.1 Å². The zero-order valence-corrected chi connectivity index (χ0v) is 15.0. The zero-order chi connectivity index (χ0) is 16.4. The third-order valence-corrected chi connectivity index (χ3v) is 5.50. The number of hydrogen-bond donors (Lipinski definition) is 2. The largest absolute Gasteiger partial charge is 0.379 e. The van der Waals surface area contributed by atoms with Gasteiger partial charge in [-0.25, -0.2) is 4.98 Å². The number of ether oxygens (including phenoxy) is 1. The molecule has 0 saturated carbocycles. The Balaban J connectivity index is 1.95. The first-order chi connectivity index (χ1) is 11.1. The predicted octanol–water partition coefficient (Wildman–Crippen LogP) is 2.37. The van der Waals surface area contributed by atoms with Crippen LogP contribution in [0.5, 0.6) is 0 Å². The van der Waals surface area contributed by atoms with Crippen LogP contribution in [-0.4, -0.2) is 29.7 Å². The van der Waals surface area contributed by atoms with Gasteiger partial charge in [0.2, 0.25) is 0 Å². The van der Waals surface area contributed by atoms with Crippen molar-refractivity contribution >= 4 is 32.9 Å². The molecule has 23 heavy (non-hydrogen) atoms. The Hall–Kier alpha value is -1.54. The van der Waals surface area contributed by atoms with Crippen LogP contribution in [0.25, 0.3) is 20.7 Å². The van der Waals surface area contributed by atoms with Gasteiger partial charge in [-0.3, -0.25) is 4.79 Å². The number of thiophene rings is 2. The Labute approximate surface area is 142 Å². The quantitative estimate of drug-likeness (QED) is 0.717. The number of nitrogens with one attached hydrogen (secondary N) is 1. The van der Waals surface area contributed by atoms with Crippen molar-refractivity contribution in [2.24, 2.45) is 0 Å². The molecule has 3 N–H and O–H groups in total. The number of fused-ring (bicyclic) bond motifs is 1. The molecule has 0 aromatic carbocycles. The number of nitrogens with zero attached hydrogens (tertiary/aromatic N) is 1. The molecule has 3 rings (SSSR count). The van der Waals surface area contributed by atoms with E-state index in [1.807, 2.05) is 29.8 Å².